The van der Waals surface area contributed by atoms with Crippen molar-refractivity contribution < 1.29 is 9.53 Å². The number of fused-ring (bicyclic) bond motifs is 1. The van der Waals surface area contributed by atoms with Crippen molar-refractivity contribution in [2.45, 2.75) is 37.5 Å². The molecule has 0 spiro atoms. The summed E-state index contributed by atoms with van der Waals surface area (Å²) < 4.78 is 6.07. The lowest BCUT2D eigenvalue weighted by Gasteiger charge is -2.35. The molecule has 2 fully saturated rings. The van der Waals surface area contributed by atoms with Crippen LogP contribution in [0, 0.1) is 0 Å². The summed E-state index contributed by atoms with van der Waals surface area (Å²) in [5.74, 6) is 0.110. The van der Waals surface area contributed by atoms with Crippen LogP contribution in [0.25, 0.3) is 0 Å². The van der Waals surface area contributed by atoms with Gasteiger partial charge in [0, 0.05) is 49.0 Å². The van der Waals surface area contributed by atoms with Crippen LogP contribution >= 0.6 is 11.6 Å². The highest BCUT2D eigenvalue weighted by Gasteiger charge is 2.38. The average molecular weight is 386 g/mol. The smallest absolute Gasteiger partial charge is 0.220 e. The fourth-order valence-electron chi connectivity index (χ4n) is 3.96. The van der Waals surface area contributed by atoms with E-state index in [0.29, 0.717) is 19.1 Å². The van der Waals surface area contributed by atoms with Gasteiger partial charge in [-0.25, -0.2) is 0 Å². The number of carbonyl (C=O) groups is 1. The Morgan fingerprint density at radius 1 is 1.26 bits per heavy atom. The van der Waals surface area contributed by atoms with Crippen molar-refractivity contribution in [2.75, 3.05) is 19.7 Å². The maximum atomic E-state index is 12.3. The lowest BCUT2D eigenvalue weighted by atomic mass is 10.1. The first-order valence-corrected chi connectivity index (χ1v) is 9.84. The summed E-state index contributed by atoms with van der Waals surface area (Å²) in [7, 11) is 0. The summed E-state index contributed by atoms with van der Waals surface area (Å²) >= 11 is 5.98. The maximum Gasteiger partial charge on any atom is 0.220 e. The molecule has 0 saturated carbocycles. The molecule has 3 atom stereocenters. The molecule has 5 nitrogen and oxygen atoms in total. The first-order chi connectivity index (χ1) is 13.2. The van der Waals surface area contributed by atoms with Crippen molar-refractivity contribution in [3.05, 3.63) is 64.9 Å². The fourth-order valence-corrected chi connectivity index (χ4v) is 4.09. The highest BCUT2D eigenvalue weighted by atomic mass is 35.5. The Morgan fingerprint density at radius 2 is 2.11 bits per heavy atom. The average Bonchev–Trinajstić information content (AvgIpc) is 3.09. The first-order valence-electron chi connectivity index (χ1n) is 9.47. The van der Waals surface area contributed by atoms with Gasteiger partial charge >= 0.3 is 0 Å². The Balaban J connectivity index is 1.27. The van der Waals surface area contributed by atoms with Gasteiger partial charge in [-0.05, 0) is 42.2 Å². The molecule has 1 aromatic heterocycles. The minimum atomic E-state index is 0.0681. The van der Waals surface area contributed by atoms with Gasteiger partial charge < -0.3 is 10.1 Å². The van der Waals surface area contributed by atoms with Crippen LogP contribution < -0.4 is 5.32 Å². The van der Waals surface area contributed by atoms with Crippen molar-refractivity contribution in [3.8, 4) is 0 Å². The van der Waals surface area contributed by atoms with E-state index in [4.69, 9.17) is 16.3 Å². The molecule has 1 aromatic carbocycles. The second-order valence-corrected chi connectivity index (χ2v) is 7.78. The zero-order valence-electron chi connectivity index (χ0n) is 15.2. The predicted octanol–water partition coefficient (Wildman–Crippen LogP) is 3.00. The number of morpholine rings is 1. The molecule has 27 heavy (non-hydrogen) atoms. The standard InChI is InChI=1S/C21H24ClN3O2/c22-17-6-4-16(5-7-17)20-13-25-12-18(10-19(25)14-27-20)24-21(26)8-3-15-2-1-9-23-11-15/h1-2,4-7,9,11,18-20H,3,8,10,12-14H2,(H,24,26)/t18-,19+,20-/m1/s1. The number of halogens is 1. The van der Waals surface area contributed by atoms with Gasteiger partial charge in [0.05, 0.1) is 12.7 Å². The first kappa shape index (κ1) is 18.4. The number of carbonyl (C=O) groups excluding carboxylic acids is 1. The number of aromatic nitrogens is 1. The quantitative estimate of drug-likeness (QED) is 0.859. The van der Waals surface area contributed by atoms with Crippen LogP contribution in [0.15, 0.2) is 48.8 Å². The summed E-state index contributed by atoms with van der Waals surface area (Å²) in [6.07, 6.45) is 5.80. The van der Waals surface area contributed by atoms with Crippen LogP contribution in [0.1, 0.15) is 30.1 Å². The van der Waals surface area contributed by atoms with E-state index in [0.717, 1.165) is 42.1 Å². The molecule has 3 heterocycles. The second-order valence-electron chi connectivity index (χ2n) is 7.34. The van der Waals surface area contributed by atoms with Gasteiger partial charge in [0.15, 0.2) is 0 Å². The Hall–Kier alpha value is -1.95. The number of ether oxygens (including phenoxy) is 1. The zero-order valence-corrected chi connectivity index (χ0v) is 15.9. The summed E-state index contributed by atoms with van der Waals surface area (Å²) in [4.78, 5) is 18.8. The van der Waals surface area contributed by atoms with Gasteiger partial charge in [0.2, 0.25) is 5.91 Å². The van der Waals surface area contributed by atoms with Gasteiger partial charge in [0.25, 0.3) is 0 Å². The number of nitrogens with zero attached hydrogens (tertiary/aromatic N) is 2. The lowest BCUT2D eigenvalue weighted by Crippen LogP contribution is -2.43. The van der Waals surface area contributed by atoms with Crippen LogP contribution in [0.2, 0.25) is 5.02 Å². The number of nitrogens with one attached hydrogen (secondary N) is 1. The Labute approximate surface area is 164 Å². The van der Waals surface area contributed by atoms with Crippen LogP contribution in [0.3, 0.4) is 0 Å². The molecule has 2 aliphatic rings. The molecule has 6 heteroatoms. The van der Waals surface area contributed by atoms with Gasteiger partial charge in [-0.3, -0.25) is 14.7 Å². The van der Waals surface area contributed by atoms with E-state index in [1.807, 2.05) is 42.6 Å². The van der Waals surface area contributed by atoms with E-state index >= 15 is 0 Å². The Bertz CT molecular complexity index is 769. The molecule has 1 N–H and O–H groups in total. The molecule has 0 radical (unpaired) electrons. The van der Waals surface area contributed by atoms with Crippen LogP contribution in [0.5, 0.6) is 0 Å². The zero-order chi connectivity index (χ0) is 18.6. The van der Waals surface area contributed by atoms with Gasteiger partial charge in [-0.1, -0.05) is 29.8 Å². The normalized spacial score (nSPS) is 25.1. The maximum absolute atomic E-state index is 12.3. The minimum absolute atomic E-state index is 0.0681. The predicted molar refractivity (Wildman–Crippen MR) is 105 cm³/mol. The van der Waals surface area contributed by atoms with Crippen molar-refractivity contribution in [1.29, 1.82) is 0 Å². The highest BCUT2D eigenvalue weighted by Crippen LogP contribution is 2.30. The number of amides is 1. The molecule has 2 aliphatic heterocycles. The number of pyridine rings is 1. The third-order valence-electron chi connectivity index (χ3n) is 5.39. The fraction of sp³-hybridized carbons (Fsp3) is 0.429. The van der Waals surface area contributed by atoms with Crippen molar-refractivity contribution in [1.82, 2.24) is 15.2 Å². The molecule has 0 bridgehead atoms. The third kappa shape index (κ3) is 4.67. The van der Waals surface area contributed by atoms with E-state index in [9.17, 15) is 4.79 Å². The molecule has 4 rings (SSSR count). The number of hydrogen-bond acceptors (Lipinski definition) is 4. The van der Waals surface area contributed by atoms with Crippen molar-refractivity contribution in [3.63, 3.8) is 0 Å². The third-order valence-corrected chi connectivity index (χ3v) is 5.64. The largest absolute Gasteiger partial charge is 0.371 e. The Morgan fingerprint density at radius 3 is 2.89 bits per heavy atom. The topological polar surface area (TPSA) is 54.5 Å². The number of aryl methyl sites for hydroxylation is 1. The molecule has 2 aromatic rings. The summed E-state index contributed by atoms with van der Waals surface area (Å²) in [5.41, 5.74) is 2.25. The number of benzene rings is 1. The summed E-state index contributed by atoms with van der Waals surface area (Å²) in [6.45, 7) is 2.44. The van der Waals surface area contributed by atoms with E-state index in [1.54, 1.807) is 6.20 Å². The molecular formula is C21H24ClN3O2. The van der Waals surface area contributed by atoms with Crippen molar-refractivity contribution in [2.24, 2.45) is 0 Å². The lowest BCUT2D eigenvalue weighted by molar-refractivity contribution is -0.121. The van der Waals surface area contributed by atoms with E-state index in [2.05, 4.69) is 15.2 Å². The minimum Gasteiger partial charge on any atom is -0.371 e. The van der Waals surface area contributed by atoms with Gasteiger partial charge in [-0.15, -0.1) is 0 Å². The molecule has 0 unspecified atom stereocenters. The monoisotopic (exact) mass is 385 g/mol. The Kier molecular flexibility index (Phi) is 5.72. The number of rotatable bonds is 5. The van der Waals surface area contributed by atoms with Crippen molar-refractivity contribution >= 4 is 17.5 Å². The summed E-state index contributed by atoms with van der Waals surface area (Å²) in [5, 5.41) is 3.93. The second kappa shape index (κ2) is 8.38. The van der Waals surface area contributed by atoms with E-state index in [-0.39, 0.29) is 18.1 Å². The molecule has 0 aliphatic carbocycles. The SMILES string of the molecule is O=C(CCc1cccnc1)N[C@@H]1C[C@H]2CO[C@@H](c3ccc(Cl)cc3)CN2C1. The number of hydrogen-bond donors (Lipinski definition) is 1. The molecular weight excluding hydrogens is 362 g/mol. The highest BCUT2D eigenvalue weighted by molar-refractivity contribution is 6.30. The van der Waals surface area contributed by atoms with Crippen LogP contribution in [0.4, 0.5) is 0 Å². The van der Waals surface area contributed by atoms with E-state index < -0.39 is 0 Å². The van der Waals surface area contributed by atoms with Gasteiger partial charge in [0.1, 0.15) is 0 Å². The van der Waals surface area contributed by atoms with Crippen LogP contribution in [-0.2, 0) is 16.0 Å². The summed E-state index contributed by atoms with van der Waals surface area (Å²) in [6, 6.07) is 12.4. The van der Waals surface area contributed by atoms with E-state index in [1.165, 1.54) is 0 Å². The molecule has 142 valence electrons. The molecule has 1 amide bonds. The molecule has 2 saturated heterocycles. The van der Waals surface area contributed by atoms with Gasteiger partial charge in [-0.2, -0.15) is 0 Å². The van der Waals surface area contributed by atoms with Crippen LogP contribution in [-0.4, -0.2) is 47.6 Å².